The van der Waals surface area contributed by atoms with Crippen LogP contribution in [0.15, 0.2) is 73.8 Å². The smallest absolute Gasteiger partial charge is 0.251 e. The number of carbonyl (C=O) groups excluding carboxylic acids is 2. The number of imidazole rings is 1. The molecule has 2 amide bonds. The standard InChI is InChI=1S/C25H28N4O3/c1-4-15-28(16-5-2)24(30)18-29-22-12-7-6-11-21(22)27-23(29)13-14-26-25(31)19-9-8-10-20(17-19)32-3/h4-12,17H,1-2,13-16,18H2,3H3,(H,26,31). The van der Waals surface area contributed by atoms with Gasteiger partial charge in [-0.25, -0.2) is 4.98 Å². The van der Waals surface area contributed by atoms with Crippen LogP contribution in [0.3, 0.4) is 0 Å². The van der Waals surface area contributed by atoms with Crippen molar-refractivity contribution in [1.29, 1.82) is 0 Å². The summed E-state index contributed by atoms with van der Waals surface area (Å²) in [4.78, 5) is 31.8. The summed E-state index contributed by atoms with van der Waals surface area (Å²) in [6.45, 7) is 8.89. The van der Waals surface area contributed by atoms with Crippen molar-refractivity contribution in [2.24, 2.45) is 0 Å². The number of nitrogens with zero attached hydrogens (tertiary/aromatic N) is 3. The van der Waals surface area contributed by atoms with Crippen LogP contribution in [0, 0.1) is 0 Å². The molecule has 1 aromatic heterocycles. The van der Waals surface area contributed by atoms with E-state index < -0.39 is 0 Å². The number of benzene rings is 2. The van der Waals surface area contributed by atoms with Gasteiger partial charge in [-0.2, -0.15) is 0 Å². The van der Waals surface area contributed by atoms with Crippen LogP contribution in [0.5, 0.6) is 5.75 Å². The predicted octanol–water partition coefficient (Wildman–Crippen LogP) is 3.22. The van der Waals surface area contributed by atoms with E-state index in [4.69, 9.17) is 9.72 Å². The van der Waals surface area contributed by atoms with E-state index in [-0.39, 0.29) is 18.4 Å². The first-order chi connectivity index (χ1) is 15.6. The highest BCUT2D eigenvalue weighted by atomic mass is 16.5. The van der Waals surface area contributed by atoms with Gasteiger partial charge in [-0.05, 0) is 30.3 Å². The predicted molar refractivity (Wildman–Crippen MR) is 126 cm³/mol. The number of methoxy groups -OCH3 is 1. The molecule has 1 heterocycles. The largest absolute Gasteiger partial charge is 0.497 e. The van der Waals surface area contributed by atoms with Gasteiger partial charge in [0.1, 0.15) is 18.1 Å². The van der Waals surface area contributed by atoms with Crippen molar-refractivity contribution in [1.82, 2.24) is 19.8 Å². The molecule has 0 saturated carbocycles. The fourth-order valence-corrected chi connectivity index (χ4v) is 3.47. The van der Waals surface area contributed by atoms with Crippen LogP contribution in [-0.4, -0.2) is 53.0 Å². The van der Waals surface area contributed by atoms with Crippen LogP contribution < -0.4 is 10.1 Å². The molecule has 3 rings (SSSR count). The molecule has 0 bridgehead atoms. The monoisotopic (exact) mass is 432 g/mol. The Labute approximate surface area is 188 Å². The molecule has 7 heteroatoms. The molecule has 0 saturated heterocycles. The molecule has 32 heavy (non-hydrogen) atoms. The highest BCUT2D eigenvalue weighted by molar-refractivity contribution is 5.94. The Morgan fingerprint density at radius 2 is 1.88 bits per heavy atom. The summed E-state index contributed by atoms with van der Waals surface area (Å²) < 4.78 is 7.09. The van der Waals surface area contributed by atoms with Crippen molar-refractivity contribution in [2.45, 2.75) is 13.0 Å². The van der Waals surface area contributed by atoms with E-state index in [0.29, 0.717) is 37.4 Å². The lowest BCUT2D eigenvalue weighted by atomic mass is 10.2. The molecule has 3 aromatic rings. The van der Waals surface area contributed by atoms with Crippen LogP contribution in [0.1, 0.15) is 16.2 Å². The number of carbonyl (C=O) groups is 2. The van der Waals surface area contributed by atoms with Gasteiger partial charge in [0, 0.05) is 31.6 Å². The Bertz CT molecular complexity index is 1110. The summed E-state index contributed by atoms with van der Waals surface area (Å²) in [5.74, 6) is 1.13. The van der Waals surface area contributed by atoms with Crippen molar-refractivity contribution < 1.29 is 14.3 Å². The first-order valence-corrected chi connectivity index (χ1v) is 10.4. The van der Waals surface area contributed by atoms with Crippen LogP contribution in [0.2, 0.25) is 0 Å². The van der Waals surface area contributed by atoms with Crippen molar-refractivity contribution in [3.8, 4) is 5.75 Å². The minimum atomic E-state index is -0.189. The van der Waals surface area contributed by atoms with Gasteiger partial charge >= 0.3 is 0 Å². The van der Waals surface area contributed by atoms with E-state index in [1.165, 1.54) is 0 Å². The topological polar surface area (TPSA) is 76.5 Å². The SMILES string of the molecule is C=CCN(CC=C)C(=O)Cn1c(CCNC(=O)c2cccc(OC)c2)nc2ccccc21. The van der Waals surface area contributed by atoms with Gasteiger partial charge in [-0.3, -0.25) is 9.59 Å². The summed E-state index contributed by atoms with van der Waals surface area (Å²) >= 11 is 0. The number of hydrogen-bond donors (Lipinski definition) is 1. The number of rotatable bonds is 11. The minimum absolute atomic E-state index is 0.0466. The highest BCUT2D eigenvalue weighted by Gasteiger charge is 2.17. The second-order valence-electron chi connectivity index (χ2n) is 7.22. The first-order valence-electron chi connectivity index (χ1n) is 10.4. The zero-order chi connectivity index (χ0) is 22.9. The van der Waals surface area contributed by atoms with Gasteiger partial charge in [0.25, 0.3) is 5.91 Å². The molecule has 166 valence electrons. The van der Waals surface area contributed by atoms with Gasteiger partial charge in [0.15, 0.2) is 0 Å². The third-order valence-electron chi connectivity index (χ3n) is 5.04. The number of hydrogen-bond acceptors (Lipinski definition) is 4. The first kappa shape index (κ1) is 22.8. The lowest BCUT2D eigenvalue weighted by Gasteiger charge is -2.20. The molecule has 0 unspecified atom stereocenters. The number of aromatic nitrogens is 2. The van der Waals surface area contributed by atoms with Gasteiger partial charge in [0.2, 0.25) is 5.91 Å². The van der Waals surface area contributed by atoms with E-state index in [1.54, 1.807) is 48.4 Å². The molecule has 2 aromatic carbocycles. The third kappa shape index (κ3) is 5.43. The Balaban J connectivity index is 1.75. The quantitative estimate of drug-likeness (QED) is 0.472. The molecule has 1 N–H and O–H groups in total. The molecule has 0 aliphatic rings. The molecule has 0 aliphatic heterocycles. The van der Waals surface area contributed by atoms with Gasteiger partial charge in [-0.1, -0.05) is 30.4 Å². The van der Waals surface area contributed by atoms with Crippen LogP contribution in [0.4, 0.5) is 0 Å². The third-order valence-corrected chi connectivity index (χ3v) is 5.04. The van der Waals surface area contributed by atoms with E-state index in [2.05, 4.69) is 18.5 Å². The van der Waals surface area contributed by atoms with Crippen LogP contribution in [-0.2, 0) is 17.8 Å². The summed E-state index contributed by atoms with van der Waals surface area (Å²) in [5.41, 5.74) is 2.22. The lowest BCUT2D eigenvalue weighted by molar-refractivity contribution is -0.130. The Morgan fingerprint density at radius 3 is 2.59 bits per heavy atom. The summed E-state index contributed by atoms with van der Waals surface area (Å²) in [6, 6.07) is 14.7. The highest BCUT2D eigenvalue weighted by Crippen LogP contribution is 2.17. The lowest BCUT2D eigenvalue weighted by Crippen LogP contribution is -2.34. The molecule has 0 fully saturated rings. The number of fused-ring (bicyclic) bond motifs is 1. The summed E-state index contributed by atoms with van der Waals surface area (Å²) in [5, 5.41) is 2.92. The summed E-state index contributed by atoms with van der Waals surface area (Å²) in [6.07, 6.45) is 3.88. The van der Waals surface area contributed by atoms with Crippen LogP contribution >= 0.6 is 0 Å². The van der Waals surface area contributed by atoms with Gasteiger partial charge < -0.3 is 19.5 Å². The molecule has 7 nitrogen and oxygen atoms in total. The zero-order valence-corrected chi connectivity index (χ0v) is 18.3. The Kier molecular flexibility index (Phi) is 7.80. The van der Waals surface area contributed by atoms with E-state index in [1.807, 2.05) is 28.8 Å². The van der Waals surface area contributed by atoms with E-state index in [9.17, 15) is 9.59 Å². The molecular weight excluding hydrogens is 404 g/mol. The fraction of sp³-hybridized carbons (Fsp3) is 0.240. The number of para-hydroxylation sites is 2. The average Bonchev–Trinajstić information content (AvgIpc) is 3.16. The fourth-order valence-electron chi connectivity index (χ4n) is 3.47. The van der Waals surface area contributed by atoms with Crippen molar-refractivity contribution in [2.75, 3.05) is 26.7 Å². The Morgan fingerprint density at radius 1 is 1.12 bits per heavy atom. The van der Waals surface area contributed by atoms with Crippen molar-refractivity contribution >= 4 is 22.8 Å². The molecule has 0 aliphatic carbocycles. The van der Waals surface area contributed by atoms with Crippen LogP contribution in [0.25, 0.3) is 11.0 Å². The minimum Gasteiger partial charge on any atom is -0.497 e. The zero-order valence-electron chi connectivity index (χ0n) is 18.3. The molecule has 0 radical (unpaired) electrons. The maximum atomic E-state index is 12.9. The van der Waals surface area contributed by atoms with E-state index in [0.717, 1.165) is 16.9 Å². The molecule has 0 spiro atoms. The Hall–Kier alpha value is -3.87. The average molecular weight is 433 g/mol. The molecule has 0 atom stereocenters. The number of amides is 2. The van der Waals surface area contributed by atoms with Crippen molar-refractivity contribution in [3.05, 3.63) is 85.2 Å². The maximum Gasteiger partial charge on any atom is 0.251 e. The maximum absolute atomic E-state index is 12.9. The van der Waals surface area contributed by atoms with Crippen molar-refractivity contribution in [3.63, 3.8) is 0 Å². The second kappa shape index (κ2) is 10.9. The normalized spacial score (nSPS) is 10.5. The van der Waals surface area contributed by atoms with E-state index >= 15 is 0 Å². The molecular formula is C25H28N4O3. The number of ether oxygens (including phenoxy) is 1. The van der Waals surface area contributed by atoms with Gasteiger partial charge in [0.05, 0.1) is 18.1 Å². The second-order valence-corrected chi connectivity index (χ2v) is 7.22. The summed E-state index contributed by atoms with van der Waals surface area (Å²) in [7, 11) is 1.56. The number of nitrogens with one attached hydrogen (secondary N) is 1. The van der Waals surface area contributed by atoms with Gasteiger partial charge in [-0.15, -0.1) is 13.2 Å².